The van der Waals surface area contributed by atoms with Crippen LogP contribution in [0.5, 0.6) is 5.75 Å². The quantitative estimate of drug-likeness (QED) is 0.745. The number of carbonyl (C=O) groups excluding carboxylic acids is 1. The highest BCUT2D eigenvalue weighted by Gasteiger charge is 2.20. The van der Waals surface area contributed by atoms with Crippen LogP contribution in [0, 0.1) is 0 Å². The van der Waals surface area contributed by atoms with Crippen molar-refractivity contribution in [1.29, 1.82) is 0 Å². The first-order valence-electron chi connectivity index (χ1n) is 4.51. The van der Waals surface area contributed by atoms with E-state index >= 15 is 0 Å². The lowest BCUT2D eigenvalue weighted by atomic mass is 10.1. The average molecular weight is 228 g/mol. The van der Waals surface area contributed by atoms with Gasteiger partial charge in [0.2, 0.25) is 0 Å². The highest BCUT2D eigenvalue weighted by atomic mass is 35.5. The topological polar surface area (TPSA) is 47.6 Å². The summed E-state index contributed by atoms with van der Waals surface area (Å²) < 4.78 is 10.00. The number of esters is 1. The van der Waals surface area contributed by atoms with Gasteiger partial charge in [0.15, 0.2) is 5.75 Å². The number of anilines is 1. The minimum atomic E-state index is -0.461. The third-order valence-electron chi connectivity index (χ3n) is 2.17. The summed E-state index contributed by atoms with van der Waals surface area (Å²) >= 11 is 6.03. The fraction of sp³-hybridized carbons (Fsp3) is 0.300. The van der Waals surface area contributed by atoms with Gasteiger partial charge in [0.05, 0.1) is 23.4 Å². The molecule has 0 atom stereocenters. The first kappa shape index (κ1) is 10.1. The summed E-state index contributed by atoms with van der Waals surface area (Å²) in [6.45, 7) is 1.28. The third kappa shape index (κ3) is 1.72. The van der Waals surface area contributed by atoms with Crippen LogP contribution in [0.4, 0.5) is 5.69 Å². The van der Waals surface area contributed by atoms with E-state index in [9.17, 15) is 4.79 Å². The predicted molar refractivity (Wildman–Crippen MR) is 56.8 cm³/mol. The number of nitrogens with one attached hydrogen (secondary N) is 1. The van der Waals surface area contributed by atoms with Gasteiger partial charge in [-0.1, -0.05) is 11.6 Å². The normalized spacial score (nSPS) is 13.5. The monoisotopic (exact) mass is 227 g/mol. The second kappa shape index (κ2) is 3.98. The summed E-state index contributed by atoms with van der Waals surface area (Å²) in [7, 11) is 1.32. The number of halogens is 1. The number of benzene rings is 1. The zero-order valence-electron chi connectivity index (χ0n) is 8.17. The Kier molecular flexibility index (Phi) is 2.68. The SMILES string of the molecule is COC(=O)c1ccc2c(c1Cl)OCCN2. The van der Waals surface area contributed by atoms with Gasteiger partial charge in [0.1, 0.15) is 6.61 Å². The first-order chi connectivity index (χ1) is 7.24. The van der Waals surface area contributed by atoms with Crippen molar-refractivity contribution < 1.29 is 14.3 Å². The van der Waals surface area contributed by atoms with Crippen LogP contribution in [0.1, 0.15) is 10.4 Å². The van der Waals surface area contributed by atoms with Gasteiger partial charge in [-0.25, -0.2) is 4.79 Å². The van der Waals surface area contributed by atoms with Crippen molar-refractivity contribution >= 4 is 23.3 Å². The van der Waals surface area contributed by atoms with Gasteiger partial charge in [0, 0.05) is 6.54 Å². The Morgan fingerprint density at radius 3 is 3.13 bits per heavy atom. The Morgan fingerprint density at radius 2 is 2.40 bits per heavy atom. The summed E-state index contributed by atoms with van der Waals surface area (Å²) in [6, 6.07) is 3.38. The molecule has 0 bridgehead atoms. The third-order valence-corrected chi connectivity index (χ3v) is 2.54. The van der Waals surface area contributed by atoms with Gasteiger partial charge in [-0.05, 0) is 12.1 Å². The van der Waals surface area contributed by atoms with Crippen LogP contribution in [0.2, 0.25) is 5.02 Å². The molecule has 1 aromatic carbocycles. The fourth-order valence-corrected chi connectivity index (χ4v) is 1.74. The van der Waals surface area contributed by atoms with E-state index in [1.807, 2.05) is 0 Å². The molecule has 0 fully saturated rings. The molecule has 80 valence electrons. The van der Waals surface area contributed by atoms with E-state index in [0.717, 1.165) is 12.2 Å². The molecular weight excluding hydrogens is 218 g/mol. The summed E-state index contributed by atoms with van der Waals surface area (Å²) in [6.07, 6.45) is 0. The first-order valence-corrected chi connectivity index (χ1v) is 4.89. The Balaban J connectivity index is 2.47. The van der Waals surface area contributed by atoms with Gasteiger partial charge >= 0.3 is 5.97 Å². The molecule has 1 heterocycles. The second-order valence-corrected chi connectivity index (χ2v) is 3.45. The van der Waals surface area contributed by atoms with Gasteiger partial charge in [-0.3, -0.25) is 0 Å². The Bertz CT molecular complexity index is 406. The molecule has 0 radical (unpaired) electrons. The lowest BCUT2D eigenvalue weighted by Crippen LogP contribution is -2.19. The molecule has 0 spiro atoms. The molecule has 1 aromatic rings. The molecule has 0 saturated carbocycles. The van der Waals surface area contributed by atoms with E-state index in [1.165, 1.54) is 7.11 Å². The van der Waals surface area contributed by atoms with E-state index in [4.69, 9.17) is 16.3 Å². The maximum Gasteiger partial charge on any atom is 0.339 e. The maximum absolute atomic E-state index is 11.3. The molecule has 4 nitrogen and oxygen atoms in total. The van der Waals surface area contributed by atoms with Crippen LogP contribution in [0.25, 0.3) is 0 Å². The number of fused-ring (bicyclic) bond motifs is 1. The van der Waals surface area contributed by atoms with E-state index in [0.29, 0.717) is 22.9 Å². The Hall–Kier alpha value is -1.42. The highest BCUT2D eigenvalue weighted by molar-refractivity contribution is 6.35. The number of hydrogen-bond acceptors (Lipinski definition) is 4. The lowest BCUT2D eigenvalue weighted by Gasteiger charge is -2.20. The number of carbonyl (C=O) groups is 1. The van der Waals surface area contributed by atoms with Crippen molar-refractivity contribution in [2.45, 2.75) is 0 Å². The Morgan fingerprint density at radius 1 is 1.60 bits per heavy atom. The second-order valence-electron chi connectivity index (χ2n) is 3.07. The van der Waals surface area contributed by atoms with Crippen LogP contribution in [-0.4, -0.2) is 26.2 Å². The van der Waals surface area contributed by atoms with Gasteiger partial charge in [-0.15, -0.1) is 0 Å². The van der Waals surface area contributed by atoms with Crippen molar-refractivity contribution in [2.24, 2.45) is 0 Å². The molecule has 1 N–H and O–H groups in total. The van der Waals surface area contributed by atoms with Crippen molar-refractivity contribution in [3.05, 3.63) is 22.7 Å². The van der Waals surface area contributed by atoms with Crippen LogP contribution < -0.4 is 10.1 Å². The molecule has 0 unspecified atom stereocenters. The summed E-state index contributed by atoms with van der Waals surface area (Å²) in [4.78, 5) is 11.3. The van der Waals surface area contributed by atoms with Crippen LogP contribution in [-0.2, 0) is 4.74 Å². The van der Waals surface area contributed by atoms with Crippen LogP contribution >= 0.6 is 11.6 Å². The molecule has 1 aliphatic heterocycles. The summed E-state index contributed by atoms with van der Waals surface area (Å²) in [5, 5.41) is 3.42. The van der Waals surface area contributed by atoms with E-state index in [2.05, 4.69) is 10.1 Å². The largest absolute Gasteiger partial charge is 0.488 e. The summed E-state index contributed by atoms with van der Waals surface area (Å²) in [5.74, 6) is 0.0581. The average Bonchev–Trinajstić information content (AvgIpc) is 2.29. The molecule has 1 aliphatic rings. The predicted octanol–water partition coefficient (Wildman–Crippen LogP) is 1.93. The smallest absolute Gasteiger partial charge is 0.339 e. The van der Waals surface area contributed by atoms with E-state index in [1.54, 1.807) is 12.1 Å². The standard InChI is InChI=1S/C10H10ClNO3/c1-14-10(13)6-2-3-7-9(8(6)11)15-5-4-12-7/h2-3,12H,4-5H2,1H3. The molecule has 0 amide bonds. The number of methoxy groups -OCH3 is 1. The highest BCUT2D eigenvalue weighted by Crippen LogP contribution is 2.37. The van der Waals surface area contributed by atoms with E-state index < -0.39 is 5.97 Å². The molecular formula is C10H10ClNO3. The van der Waals surface area contributed by atoms with Crippen molar-refractivity contribution in [1.82, 2.24) is 0 Å². The van der Waals surface area contributed by atoms with Crippen molar-refractivity contribution in [3.8, 4) is 5.75 Å². The maximum atomic E-state index is 11.3. The van der Waals surface area contributed by atoms with Crippen molar-refractivity contribution in [2.75, 3.05) is 25.6 Å². The summed E-state index contributed by atoms with van der Waals surface area (Å²) in [5.41, 5.74) is 1.13. The zero-order chi connectivity index (χ0) is 10.8. The van der Waals surface area contributed by atoms with E-state index in [-0.39, 0.29) is 0 Å². The number of rotatable bonds is 1. The minimum absolute atomic E-state index is 0.298. The number of hydrogen-bond donors (Lipinski definition) is 1. The van der Waals surface area contributed by atoms with Crippen LogP contribution in [0.3, 0.4) is 0 Å². The fourth-order valence-electron chi connectivity index (χ4n) is 1.44. The van der Waals surface area contributed by atoms with Crippen molar-refractivity contribution in [3.63, 3.8) is 0 Å². The molecule has 2 rings (SSSR count). The molecule has 5 heteroatoms. The molecule has 15 heavy (non-hydrogen) atoms. The minimum Gasteiger partial charge on any atom is -0.488 e. The Labute approximate surface area is 92.1 Å². The zero-order valence-corrected chi connectivity index (χ0v) is 8.93. The van der Waals surface area contributed by atoms with Gasteiger partial charge in [-0.2, -0.15) is 0 Å². The van der Waals surface area contributed by atoms with Gasteiger partial charge < -0.3 is 14.8 Å². The molecule has 0 aromatic heterocycles. The molecule has 0 aliphatic carbocycles. The van der Waals surface area contributed by atoms with Crippen LogP contribution in [0.15, 0.2) is 12.1 Å². The van der Waals surface area contributed by atoms with Gasteiger partial charge in [0.25, 0.3) is 0 Å². The number of ether oxygens (including phenoxy) is 2. The lowest BCUT2D eigenvalue weighted by molar-refractivity contribution is 0.0600. The molecule has 0 saturated heterocycles.